The van der Waals surface area contributed by atoms with Gasteiger partial charge >= 0.3 is 0 Å². The zero-order chi connectivity index (χ0) is 51.8. The molecule has 0 aliphatic rings. The first-order valence-electron chi connectivity index (χ1n) is 22.3. The summed E-state index contributed by atoms with van der Waals surface area (Å²) in [5, 5.41) is 5.65. The Balaban J connectivity index is 0.000000269. The molecule has 12 nitrogen and oxygen atoms in total. The molecule has 0 bridgehead atoms. The molecule has 0 saturated heterocycles. The Labute approximate surface area is 433 Å². The van der Waals surface area contributed by atoms with Crippen LogP contribution in [0.15, 0.2) is 186 Å². The number of hydrogen-bond donors (Lipinski definition) is 2. The maximum atomic E-state index is 13.5. The van der Waals surface area contributed by atoms with Crippen LogP contribution in [-0.4, -0.2) is 82.2 Å². The van der Waals surface area contributed by atoms with Crippen LogP contribution in [0, 0.1) is 11.6 Å². The molecule has 0 unspecified atom stereocenters. The van der Waals surface area contributed by atoms with E-state index in [1.165, 1.54) is 96.3 Å². The molecule has 0 aliphatic carbocycles. The average Bonchev–Trinajstić information content (AvgIpc) is 3.39. The molecule has 0 aromatic heterocycles. The maximum absolute atomic E-state index is 13.5. The zero-order valence-corrected chi connectivity index (χ0v) is 42.0. The third-order valence-electron chi connectivity index (χ3n) is 11.3. The van der Waals surface area contributed by atoms with Crippen molar-refractivity contribution in [2.24, 2.45) is 0 Å². The van der Waals surface area contributed by atoms with Crippen LogP contribution in [0.5, 0.6) is 11.5 Å². The quantitative estimate of drug-likeness (QED) is 0.0632. The number of likely N-dealkylation sites (N-methyl/N-ethyl adjacent to an activating group) is 2. The standard InChI is InChI=1S/C31H29FN2O3S.C24H22ClFN2O5S.CH4/c1-34(31(36)24-13-15-25(32)16-14-24)27(19-22-9-5-3-6-10-22)30(35)33-26-17-18-29(28(20-26)37-2)38-21-23-11-7-4-8-12-23;1-28(24(30)17-8-10-18(26)11-9-17)20(14-16-6-4-3-5-7-16)23(29)27-19-12-13-22(34(25,31)32)21(15-19)33-2;/h3-18,20,27H,19,21H2,1-2H3,(H,33,35);3-13,15,20H,14H2,1-2H3,(H,27,29);1H4/t27-;20-;/m00./s1. The van der Waals surface area contributed by atoms with E-state index in [1.54, 1.807) is 32.0 Å². The zero-order valence-electron chi connectivity index (χ0n) is 39.6. The second-order valence-corrected chi connectivity index (χ2v) is 19.7. The van der Waals surface area contributed by atoms with Crippen molar-refractivity contribution < 1.29 is 45.9 Å². The van der Waals surface area contributed by atoms with Crippen LogP contribution in [0.3, 0.4) is 0 Å². The molecule has 2 N–H and O–H groups in total. The first kappa shape index (κ1) is 56.4. The Morgan fingerprint density at radius 2 is 0.945 bits per heavy atom. The minimum Gasteiger partial charge on any atom is -0.496 e. The number of benzene rings is 7. The van der Waals surface area contributed by atoms with Gasteiger partial charge in [-0.3, -0.25) is 19.2 Å². The van der Waals surface area contributed by atoms with E-state index in [0.717, 1.165) is 21.8 Å². The lowest BCUT2D eigenvalue weighted by molar-refractivity contribution is -0.120. The summed E-state index contributed by atoms with van der Waals surface area (Å²) in [5.41, 5.74) is 4.30. The molecule has 17 heteroatoms. The summed E-state index contributed by atoms with van der Waals surface area (Å²) in [4.78, 5) is 56.4. The molecule has 0 radical (unpaired) electrons. The molecule has 0 spiro atoms. The summed E-state index contributed by atoms with van der Waals surface area (Å²) in [7, 11) is 7.32. The summed E-state index contributed by atoms with van der Waals surface area (Å²) in [6.07, 6.45) is 0.527. The van der Waals surface area contributed by atoms with Crippen molar-refractivity contribution in [1.29, 1.82) is 0 Å². The number of hydrogen-bond acceptors (Lipinski definition) is 9. The molecule has 0 fully saturated rings. The Hall–Kier alpha value is -7.53. The van der Waals surface area contributed by atoms with Gasteiger partial charge in [-0.15, -0.1) is 11.8 Å². The Morgan fingerprint density at radius 3 is 1.34 bits per heavy atom. The molecular formula is C56H55ClF2N4O8S2. The van der Waals surface area contributed by atoms with Crippen molar-refractivity contribution in [3.63, 3.8) is 0 Å². The number of halogens is 3. The summed E-state index contributed by atoms with van der Waals surface area (Å²) in [5.74, 6) is -1.18. The van der Waals surface area contributed by atoms with E-state index in [1.807, 2.05) is 91.0 Å². The van der Waals surface area contributed by atoms with E-state index in [-0.39, 0.29) is 47.6 Å². The smallest absolute Gasteiger partial charge is 0.264 e. The molecule has 0 heterocycles. The number of nitrogens with zero attached hydrogens (tertiary/aromatic N) is 2. The van der Waals surface area contributed by atoms with Gasteiger partial charge in [-0.05, 0) is 89.5 Å². The summed E-state index contributed by atoms with van der Waals surface area (Å²) in [6, 6.07) is 46.9. The third-order valence-corrected chi connectivity index (χ3v) is 13.8. The number of thioether (sulfide) groups is 1. The lowest BCUT2D eigenvalue weighted by atomic mass is 10.0. The molecule has 73 heavy (non-hydrogen) atoms. The highest BCUT2D eigenvalue weighted by Gasteiger charge is 2.30. The van der Waals surface area contributed by atoms with E-state index in [2.05, 4.69) is 22.8 Å². The van der Waals surface area contributed by atoms with Gasteiger partial charge in [0.2, 0.25) is 11.8 Å². The predicted octanol–water partition coefficient (Wildman–Crippen LogP) is 11.2. The number of carbonyl (C=O) groups excluding carboxylic acids is 4. The van der Waals surface area contributed by atoms with Gasteiger partial charge in [-0.2, -0.15) is 0 Å². The first-order chi connectivity index (χ1) is 34.5. The summed E-state index contributed by atoms with van der Waals surface area (Å²) < 4.78 is 60.8. The van der Waals surface area contributed by atoms with Crippen LogP contribution in [0.4, 0.5) is 20.2 Å². The van der Waals surface area contributed by atoms with Gasteiger partial charge in [0.15, 0.2) is 0 Å². The van der Waals surface area contributed by atoms with Gasteiger partial charge in [0.1, 0.15) is 40.1 Å². The third kappa shape index (κ3) is 16.0. The van der Waals surface area contributed by atoms with Crippen molar-refractivity contribution in [3.8, 4) is 11.5 Å². The minimum atomic E-state index is -4.05. The highest BCUT2D eigenvalue weighted by atomic mass is 35.7. The van der Waals surface area contributed by atoms with E-state index >= 15 is 0 Å². The number of ether oxygens (including phenoxy) is 2. The van der Waals surface area contributed by atoms with Gasteiger partial charge in [-0.25, -0.2) is 17.2 Å². The Morgan fingerprint density at radius 1 is 0.562 bits per heavy atom. The van der Waals surface area contributed by atoms with Gasteiger partial charge in [0.05, 0.1) is 14.2 Å². The van der Waals surface area contributed by atoms with Crippen molar-refractivity contribution >= 4 is 66.5 Å². The predicted molar refractivity (Wildman–Crippen MR) is 284 cm³/mol. The lowest BCUT2D eigenvalue weighted by Gasteiger charge is -2.28. The number of amides is 4. The van der Waals surface area contributed by atoms with Crippen LogP contribution < -0.4 is 20.1 Å². The topological polar surface area (TPSA) is 151 Å². The fourth-order valence-electron chi connectivity index (χ4n) is 7.36. The number of anilines is 2. The Bertz CT molecular complexity index is 3070. The van der Waals surface area contributed by atoms with E-state index in [9.17, 15) is 36.4 Å². The first-order valence-corrected chi connectivity index (χ1v) is 25.6. The molecule has 7 aromatic rings. The number of rotatable bonds is 18. The second kappa shape index (κ2) is 26.8. The number of methoxy groups -OCH3 is 2. The largest absolute Gasteiger partial charge is 0.496 e. The molecule has 7 rings (SSSR count). The van der Waals surface area contributed by atoms with Gasteiger partial charge in [0, 0.05) is 82.9 Å². The maximum Gasteiger partial charge on any atom is 0.264 e. The van der Waals surface area contributed by atoms with Crippen LogP contribution in [0.2, 0.25) is 0 Å². The molecule has 0 saturated carbocycles. The lowest BCUT2D eigenvalue weighted by Crippen LogP contribution is -2.46. The molecule has 7 aromatic carbocycles. The number of carbonyl (C=O) groups is 4. The highest BCUT2D eigenvalue weighted by Crippen LogP contribution is 2.34. The van der Waals surface area contributed by atoms with Crippen LogP contribution in [0.25, 0.3) is 0 Å². The monoisotopic (exact) mass is 1050 g/mol. The van der Waals surface area contributed by atoms with Crippen LogP contribution in [0.1, 0.15) is 44.8 Å². The van der Waals surface area contributed by atoms with Crippen LogP contribution in [-0.2, 0) is 37.2 Å². The fourth-order valence-corrected chi connectivity index (χ4v) is 9.32. The fraction of sp³-hybridized carbons (Fsp3) is 0.179. The molecule has 380 valence electrons. The highest BCUT2D eigenvalue weighted by molar-refractivity contribution is 8.13. The second-order valence-electron chi connectivity index (χ2n) is 16.2. The number of nitrogens with one attached hydrogen (secondary N) is 2. The molecule has 2 atom stereocenters. The minimum absolute atomic E-state index is 0. The van der Waals surface area contributed by atoms with Crippen LogP contribution >= 0.6 is 22.4 Å². The average molecular weight is 1050 g/mol. The van der Waals surface area contributed by atoms with E-state index < -0.39 is 44.6 Å². The van der Waals surface area contributed by atoms with E-state index in [0.29, 0.717) is 23.4 Å². The van der Waals surface area contributed by atoms with Gasteiger partial charge in [-0.1, -0.05) is 98.4 Å². The summed E-state index contributed by atoms with van der Waals surface area (Å²) in [6.45, 7) is 0. The van der Waals surface area contributed by atoms with Crippen molar-refractivity contribution in [1.82, 2.24) is 9.80 Å². The van der Waals surface area contributed by atoms with Gasteiger partial charge < -0.3 is 29.9 Å². The summed E-state index contributed by atoms with van der Waals surface area (Å²) >= 11 is 1.65. The molecule has 4 amide bonds. The van der Waals surface area contributed by atoms with Crippen molar-refractivity contribution in [2.75, 3.05) is 38.9 Å². The normalized spacial score (nSPS) is 11.5. The van der Waals surface area contributed by atoms with Crippen molar-refractivity contribution in [3.05, 3.63) is 215 Å². The molecular weight excluding hydrogens is 994 g/mol. The van der Waals surface area contributed by atoms with Crippen molar-refractivity contribution in [2.45, 2.75) is 47.9 Å². The molecule has 0 aliphatic heterocycles. The Kier molecular flexibility index (Phi) is 20.7. The van der Waals surface area contributed by atoms with E-state index in [4.69, 9.17) is 20.2 Å². The van der Waals surface area contributed by atoms with Gasteiger partial charge in [0.25, 0.3) is 20.9 Å². The SMILES string of the molecule is C.COc1cc(NC(=O)[C@H](Cc2ccccc2)N(C)C(=O)c2ccc(F)cc2)ccc1S(=O)(=O)Cl.COc1cc(NC(=O)[C@H](Cc2ccccc2)N(C)C(=O)c2ccc(F)cc2)ccc1SCc1ccccc1.